The van der Waals surface area contributed by atoms with Crippen molar-refractivity contribution in [3.05, 3.63) is 29.6 Å². The van der Waals surface area contributed by atoms with Gasteiger partial charge in [0.15, 0.2) is 0 Å². The molecule has 0 aliphatic carbocycles. The molecule has 1 fully saturated rings. The molecule has 2 heterocycles. The van der Waals surface area contributed by atoms with Crippen LogP contribution in [-0.4, -0.2) is 31.1 Å². The fourth-order valence-electron chi connectivity index (χ4n) is 2.82. The second-order valence-electron chi connectivity index (χ2n) is 4.61. The maximum atomic E-state index is 13.6. The molecule has 0 spiro atoms. The predicted octanol–water partition coefficient (Wildman–Crippen LogP) is 2.04. The number of benzene rings is 1. The zero-order chi connectivity index (χ0) is 10.4. The predicted molar refractivity (Wildman–Crippen MR) is 58.7 cm³/mol. The maximum Gasteiger partial charge on any atom is 0.146 e. The van der Waals surface area contributed by atoms with Crippen molar-refractivity contribution < 1.29 is 4.39 Å². The van der Waals surface area contributed by atoms with E-state index in [1.165, 1.54) is 11.6 Å². The van der Waals surface area contributed by atoms with E-state index >= 15 is 0 Å². The zero-order valence-electron chi connectivity index (χ0n) is 8.83. The molecular formula is C12H15FN2. The van der Waals surface area contributed by atoms with E-state index in [0.717, 1.165) is 25.2 Å². The molecule has 0 saturated carbocycles. The highest BCUT2D eigenvalue weighted by Crippen LogP contribution is 2.41. The number of hydrogen-bond donors (Lipinski definition) is 1. The summed E-state index contributed by atoms with van der Waals surface area (Å²) in [7, 11) is 2.12. The Hall–Kier alpha value is -1.09. The highest BCUT2D eigenvalue weighted by atomic mass is 19.1. The second-order valence-corrected chi connectivity index (χ2v) is 4.61. The number of anilines is 1. The minimum absolute atomic E-state index is 0.107. The van der Waals surface area contributed by atoms with Crippen LogP contribution in [0.25, 0.3) is 0 Å². The Bertz CT molecular complexity index is 391. The van der Waals surface area contributed by atoms with Crippen LogP contribution < -0.4 is 5.32 Å². The topological polar surface area (TPSA) is 15.3 Å². The largest absolute Gasteiger partial charge is 0.378 e. The monoisotopic (exact) mass is 206 g/mol. The molecule has 0 aromatic heterocycles. The van der Waals surface area contributed by atoms with Crippen LogP contribution in [0, 0.1) is 5.82 Å². The molecule has 2 nitrogen and oxygen atoms in total. The van der Waals surface area contributed by atoms with Crippen LogP contribution >= 0.6 is 0 Å². The standard InChI is InChI=1S/C12H15FN2/c1-15-6-5-8-9-3-2-4-10(13)12(9)14-11(8)7-15/h2-4,8,11,14H,5-7H2,1H3. The number of piperidine rings is 1. The molecule has 2 aliphatic rings. The van der Waals surface area contributed by atoms with Crippen molar-refractivity contribution in [1.82, 2.24) is 4.90 Å². The molecule has 2 aliphatic heterocycles. The Labute approximate surface area is 89.1 Å². The van der Waals surface area contributed by atoms with Gasteiger partial charge in [0.25, 0.3) is 0 Å². The number of para-hydroxylation sites is 1. The third-order valence-corrected chi connectivity index (χ3v) is 3.59. The number of nitrogens with one attached hydrogen (secondary N) is 1. The Kier molecular flexibility index (Phi) is 1.96. The van der Waals surface area contributed by atoms with Crippen LogP contribution in [0.5, 0.6) is 0 Å². The minimum Gasteiger partial charge on any atom is -0.378 e. The van der Waals surface area contributed by atoms with Crippen LogP contribution in [0.3, 0.4) is 0 Å². The normalized spacial score (nSPS) is 29.5. The third-order valence-electron chi connectivity index (χ3n) is 3.59. The summed E-state index contributed by atoms with van der Waals surface area (Å²) in [4.78, 5) is 2.30. The number of nitrogens with zero attached hydrogens (tertiary/aromatic N) is 1. The molecule has 0 radical (unpaired) electrons. The van der Waals surface area contributed by atoms with E-state index in [2.05, 4.69) is 23.3 Å². The summed E-state index contributed by atoms with van der Waals surface area (Å²) in [5.74, 6) is 0.399. The van der Waals surface area contributed by atoms with E-state index in [4.69, 9.17) is 0 Å². The summed E-state index contributed by atoms with van der Waals surface area (Å²) in [6.07, 6.45) is 1.13. The summed E-state index contributed by atoms with van der Waals surface area (Å²) in [5, 5.41) is 3.32. The van der Waals surface area contributed by atoms with Crippen LogP contribution in [0.1, 0.15) is 17.9 Å². The summed E-state index contributed by atoms with van der Waals surface area (Å²) < 4.78 is 13.6. The van der Waals surface area contributed by atoms with Crippen molar-refractivity contribution >= 4 is 5.69 Å². The molecule has 3 rings (SSSR count). The van der Waals surface area contributed by atoms with Crippen molar-refractivity contribution in [2.24, 2.45) is 0 Å². The average Bonchev–Trinajstić information content (AvgIpc) is 2.57. The Morgan fingerprint density at radius 2 is 2.33 bits per heavy atom. The first kappa shape index (κ1) is 9.16. The number of rotatable bonds is 0. The highest BCUT2D eigenvalue weighted by Gasteiger charge is 2.36. The molecule has 80 valence electrons. The maximum absolute atomic E-state index is 13.6. The van der Waals surface area contributed by atoms with E-state index in [9.17, 15) is 4.39 Å². The summed E-state index contributed by atoms with van der Waals surface area (Å²) in [5.41, 5.74) is 1.91. The SMILES string of the molecule is CN1CCC2c3cccc(F)c3NC2C1. The first-order valence-electron chi connectivity index (χ1n) is 5.49. The lowest BCUT2D eigenvalue weighted by Crippen LogP contribution is -2.41. The van der Waals surface area contributed by atoms with E-state index < -0.39 is 0 Å². The van der Waals surface area contributed by atoms with Crippen LogP contribution in [-0.2, 0) is 0 Å². The number of halogens is 1. The summed E-state index contributed by atoms with van der Waals surface area (Å²) in [6.45, 7) is 2.12. The number of fused-ring (bicyclic) bond motifs is 3. The van der Waals surface area contributed by atoms with Crippen LogP contribution in [0.2, 0.25) is 0 Å². The molecule has 0 bridgehead atoms. The first-order valence-corrected chi connectivity index (χ1v) is 5.49. The van der Waals surface area contributed by atoms with E-state index in [0.29, 0.717) is 12.0 Å². The van der Waals surface area contributed by atoms with Crippen molar-refractivity contribution in [2.75, 3.05) is 25.5 Å². The fourth-order valence-corrected chi connectivity index (χ4v) is 2.82. The van der Waals surface area contributed by atoms with Gasteiger partial charge in [0.1, 0.15) is 5.82 Å². The van der Waals surface area contributed by atoms with Crippen molar-refractivity contribution in [3.63, 3.8) is 0 Å². The Morgan fingerprint density at radius 1 is 1.47 bits per heavy atom. The van der Waals surface area contributed by atoms with Gasteiger partial charge in [0.2, 0.25) is 0 Å². The second kappa shape index (κ2) is 3.20. The molecule has 15 heavy (non-hydrogen) atoms. The van der Waals surface area contributed by atoms with Gasteiger partial charge >= 0.3 is 0 Å². The van der Waals surface area contributed by atoms with Crippen molar-refractivity contribution in [2.45, 2.75) is 18.4 Å². The average molecular weight is 206 g/mol. The highest BCUT2D eigenvalue weighted by molar-refractivity contribution is 5.60. The Balaban J connectivity index is 1.99. The lowest BCUT2D eigenvalue weighted by atomic mass is 9.89. The van der Waals surface area contributed by atoms with Gasteiger partial charge in [-0.05, 0) is 31.6 Å². The molecule has 3 heteroatoms. The lowest BCUT2D eigenvalue weighted by molar-refractivity contribution is 0.245. The number of hydrogen-bond acceptors (Lipinski definition) is 2. The molecule has 2 atom stereocenters. The molecule has 2 unspecified atom stereocenters. The molecule has 1 saturated heterocycles. The van der Waals surface area contributed by atoms with E-state index in [1.807, 2.05) is 6.07 Å². The van der Waals surface area contributed by atoms with Crippen LogP contribution in [0.15, 0.2) is 18.2 Å². The third kappa shape index (κ3) is 1.34. The fraction of sp³-hybridized carbons (Fsp3) is 0.500. The number of likely N-dealkylation sites (N-methyl/N-ethyl adjacent to an activating group) is 1. The molecular weight excluding hydrogens is 191 g/mol. The van der Waals surface area contributed by atoms with Crippen molar-refractivity contribution in [1.29, 1.82) is 0 Å². The first-order chi connectivity index (χ1) is 7.25. The van der Waals surface area contributed by atoms with Gasteiger partial charge in [0, 0.05) is 18.5 Å². The molecule has 1 aromatic carbocycles. The summed E-state index contributed by atoms with van der Waals surface area (Å²) in [6, 6.07) is 5.81. The van der Waals surface area contributed by atoms with E-state index in [-0.39, 0.29) is 5.82 Å². The van der Waals surface area contributed by atoms with Gasteiger partial charge in [-0.25, -0.2) is 4.39 Å². The zero-order valence-corrected chi connectivity index (χ0v) is 8.83. The molecule has 1 aromatic rings. The summed E-state index contributed by atoms with van der Waals surface area (Å²) >= 11 is 0. The van der Waals surface area contributed by atoms with Gasteiger partial charge in [0.05, 0.1) is 5.69 Å². The number of likely N-dealkylation sites (tertiary alicyclic amines) is 1. The Morgan fingerprint density at radius 3 is 3.20 bits per heavy atom. The smallest absolute Gasteiger partial charge is 0.146 e. The molecule has 1 N–H and O–H groups in total. The van der Waals surface area contributed by atoms with Crippen LogP contribution in [0.4, 0.5) is 10.1 Å². The van der Waals surface area contributed by atoms with Gasteiger partial charge in [-0.15, -0.1) is 0 Å². The van der Waals surface area contributed by atoms with E-state index in [1.54, 1.807) is 0 Å². The van der Waals surface area contributed by atoms with Gasteiger partial charge in [-0.1, -0.05) is 12.1 Å². The molecule has 0 amide bonds. The van der Waals surface area contributed by atoms with Gasteiger partial charge in [-0.2, -0.15) is 0 Å². The van der Waals surface area contributed by atoms with Crippen molar-refractivity contribution in [3.8, 4) is 0 Å². The van der Waals surface area contributed by atoms with Gasteiger partial charge in [-0.3, -0.25) is 0 Å². The quantitative estimate of drug-likeness (QED) is 0.698. The van der Waals surface area contributed by atoms with Gasteiger partial charge < -0.3 is 10.2 Å². The lowest BCUT2D eigenvalue weighted by Gasteiger charge is -2.32. The minimum atomic E-state index is -0.107.